The van der Waals surface area contributed by atoms with Crippen molar-refractivity contribution in [3.63, 3.8) is 0 Å². The highest BCUT2D eigenvalue weighted by atomic mass is 16.5. The van der Waals surface area contributed by atoms with Gasteiger partial charge >= 0.3 is 5.97 Å². The normalized spacial score (nSPS) is 19.4. The SMILES string of the molecule is CNCc1cc(-c2cnc(C3CCCC3)[nH]2)ccc1-c1ccc(C2=CN=C([C@@H]3CCCN3)C2)cc1C(=O)OC. The molecule has 202 valence electrons. The molecule has 0 spiro atoms. The molecular weight excluding hydrogens is 486 g/mol. The van der Waals surface area contributed by atoms with Gasteiger partial charge in [0, 0.05) is 36.8 Å². The second-order valence-electron chi connectivity index (χ2n) is 10.9. The Morgan fingerprint density at radius 2 is 1.87 bits per heavy atom. The lowest BCUT2D eigenvalue weighted by atomic mass is 9.90. The molecule has 39 heavy (non-hydrogen) atoms. The number of hydrogen-bond acceptors (Lipinski definition) is 6. The van der Waals surface area contributed by atoms with Crippen molar-refractivity contribution in [1.29, 1.82) is 0 Å². The maximum atomic E-state index is 13.0. The largest absolute Gasteiger partial charge is 0.465 e. The molecule has 7 heteroatoms. The molecule has 3 aliphatic rings. The lowest BCUT2D eigenvalue weighted by Gasteiger charge is -2.16. The van der Waals surface area contributed by atoms with Gasteiger partial charge in [-0.1, -0.05) is 37.1 Å². The van der Waals surface area contributed by atoms with Gasteiger partial charge in [-0.2, -0.15) is 0 Å². The number of nitrogens with one attached hydrogen (secondary N) is 3. The molecule has 3 heterocycles. The van der Waals surface area contributed by atoms with Crippen LogP contribution in [0, 0.1) is 0 Å². The molecule has 7 nitrogen and oxygen atoms in total. The zero-order valence-electron chi connectivity index (χ0n) is 22.8. The Kier molecular flexibility index (Phi) is 7.44. The van der Waals surface area contributed by atoms with Crippen molar-refractivity contribution in [2.45, 2.75) is 63.5 Å². The standard InChI is InChI=1S/C32H37N5O2/c1-33-17-24-14-22(30-19-36-31(37-30)20-6-3-4-7-20)10-11-25(24)26-12-9-21(15-27(26)32(38)39-2)23-16-29(35-18-23)28-8-5-13-34-28/h9-12,14-15,18-20,28,33-34H,3-8,13,16-17H2,1-2H3,(H,36,37)/t28-/m0/s1. The Hall–Kier alpha value is -3.55. The molecule has 2 aromatic carbocycles. The summed E-state index contributed by atoms with van der Waals surface area (Å²) in [4.78, 5) is 26.0. The lowest BCUT2D eigenvalue weighted by Crippen LogP contribution is -2.29. The van der Waals surface area contributed by atoms with E-state index < -0.39 is 0 Å². The van der Waals surface area contributed by atoms with E-state index in [0.29, 0.717) is 24.1 Å². The van der Waals surface area contributed by atoms with Crippen molar-refractivity contribution in [3.8, 4) is 22.4 Å². The van der Waals surface area contributed by atoms with Crippen LogP contribution in [0.5, 0.6) is 0 Å². The summed E-state index contributed by atoms with van der Waals surface area (Å²) >= 11 is 0. The van der Waals surface area contributed by atoms with Gasteiger partial charge in [0.25, 0.3) is 0 Å². The summed E-state index contributed by atoms with van der Waals surface area (Å²) in [5, 5.41) is 6.84. The molecule has 3 aromatic rings. The summed E-state index contributed by atoms with van der Waals surface area (Å²) in [5.41, 5.74) is 9.04. The van der Waals surface area contributed by atoms with Gasteiger partial charge in [0.1, 0.15) is 5.82 Å². The molecule has 1 atom stereocenters. The second-order valence-corrected chi connectivity index (χ2v) is 10.9. The number of carbonyl (C=O) groups is 1. The van der Waals surface area contributed by atoms with Gasteiger partial charge in [-0.3, -0.25) is 4.99 Å². The number of carbonyl (C=O) groups excluding carboxylic acids is 1. The summed E-state index contributed by atoms with van der Waals surface area (Å²) in [5.74, 6) is 1.31. The number of aliphatic imine (C=N–C) groups is 1. The minimum atomic E-state index is -0.335. The van der Waals surface area contributed by atoms with Gasteiger partial charge in [0.15, 0.2) is 0 Å². The molecule has 0 radical (unpaired) electrons. The van der Waals surface area contributed by atoms with Gasteiger partial charge in [-0.05, 0) is 84.8 Å². The number of benzene rings is 2. The van der Waals surface area contributed by atoms with Gasteiger partial charge in [0.05, 0.1) is 24.6 Å². The van der Waals surface area contributed by atoms with Crippen molar-refractivity contribution < 1.29 is 9.53 Å². The van der Waals surface area contributed by atoms with Gasteiger partial charge < -0.3 is 20.4 Å². The number of aromatic amines is 1. The number of allylic oxidation sites excluding steroid dienone is 1. The zero-order chi connectivity index (χ0) is 26.8. The third-order valence-corrected chi connectivity index (χ3v) is 8.43. The third-order valence-electron chi connectivity index (χ3n) is 8.43. The molecule has 0 amide bonds. The Bertz CT molecular complexity index is 1420. The first-order valence-electron chi connectivity index (χ1n) is 14.2. The summed E-state index contributed by atoms with van der Waals surface area (Å²) < 4.78 is 5.24. The number of hydrogen-bond donors (Lipinski definition) is 3. The molecule has 2 fully saturated rings. The lowest BCUT2D eigenvalue weighted by molar-refractivity contribution is 0.0601. The van der Waals surface area contributed by atoms with Crippen LogP contribution in [0.25, 0.3) is 28.0 Å². The molecular formula is C32H37N5O2. The highest BCUT2D eigenvalue weighted by molar-refractivity contribution is 6.03. The molecule has 1 saturated carbocycles. The predicted molar refractivity (Wildman–Crippen MR) is 156 cm³/mol. The average molecular weight is 524 g/mol. The molecule has 2 aliphatic heterocycles. The first-order valence-corrected chi connectivity index (χ1v) is 14.2. The maximum absolute atomic E-state index is 13.0. The van der Waals surface area contributed by atoms with Gasteiger partial charge in [0.2, 0.25) is 0 Å². The van der Waals surface area contributed by atoms with Crippen LogP contribution in [0.1, 0.15) is 78.2 Å². The summed E-state index contributed by atoms with van der Waals surface area (Å²) in [6.07, 6.45) is 12.0. The third kappa shape index (κ3) is 5.21. The van der Waals surface area contributed by atoms with E-state index in [-0.39, 0.29) is 5.97 Å². The summed E-state index contributed by atoms with van der Waals surface area (Å²) in [7, 11) is 3.39. The van der Waals surface area contributed by atoms with E-state index in [2.05, 4.69) is 45.9 Å². The Morgan fingerprint density at radius 3 is 2.64 bits per heavy atom. The molecule has 3 N–H and O–H groups in total. The summed E-state index contributed by atoms with van der Waals surface area (Å²) in [6.45, 7) is 1.72. The van der Waals surface area contributed by atoms with E-state index in [1.807, 2.05) is 25.5 Å². The number of nitrogens with zero attached hydrogens (tertiary/aromatic N) is 2. The minimum Gasteiger partial charge on any atom is -0.465 e. The molecule has 1 aliphatic carbocycles. The van der Waals surface area contributed by atoms with Crippen molar-refractivity contribution in [2.75, 3.05) is 20.7 Å². The quantitative estimate of drug-likeness (QED) is 0.323. The van der Waals surface area contributed by atoms with Crippen molar-refractivity contribution in [2.24, 2.45) is 4.99 Å². The van der Waals surface area contributed by atoms with Gasteiger partial charge in [-0.15, -0.1) is 0 Å². The van der Waals surface area contributed by atoms with Crippen LogP contribution in [-0.2, 0) is 11.3 Å². The molecule has 1 aromatic heterocycles. The van der Waals surface area contributed by atoms with E-state index in [1.165, 1.54) is 44.9 Å². The van der Waals surface area contributed by atoms with Crippen LogP contribution < -0.4 is 10.6 Å². The van der Waals surface area contributed by atoms with E-state index >= 15 is 0 Å². The van der Waals surface area contributed by atoms with Crippen molar-refractivity contribution in [1.82, 2.24) is 20.6 Å². The number of ether oxygens (including phenoxy) is 1. The maximum Gasteiger partial charge on any atom is 0.338 e. The Balaban J connectivity index is 1.31. The first-order chi connectivity index (χ1) is 19.1. The minimum absolute atomic E-state index is 0.335. The molecule has 0 bridgehead atoms. The van der Waals surface area contributed by atoms with Crippen molar-refractivity contribution in [3.05, 3.63) is 71.3 Å². The zero-order valence-corrected chi connectivity index (χ0v) is 22.8. The summed E-state index contributed by atoms with van der Waals surface area (Å²) in [6, 6.07) is 12.9. The Morgan fingerprint density at radius 1 is 1.05 bits per heavy atom. The molecule has 0 unspecified atom stereocenters. The number of aromatic nitrogens is 2. The van der Waals surface area contributed by atoms with Crippen LogP contribution >= 0.6 is 0 Å². The topological polar surface area (TPSA) is 91.4 Å². The fraction of sp³-hybridized carbons (Fsp3) is 0.406. The number of imidazole rings is 1. The smallest absolute Gasteiger partial charge is 0.338 e. The Labute approximate surface area is 230 Å². The van der Waals surface area contributed by atoms with Crippen LogP contribution in [0.4, 0.5) is 0 Å². The molecule has 6 rings (SSSR count). The van der Waals surface area contributed by atoms with Crippen LogP contribution in [0.2, 0.25) is 0 Å². The van der Waals surface area contributed by atoms with E-state index in [0.717, 1.165) is 64.3 Å². The molecule has 1 saturated heterocycles. The predicted octanol–water partition coefficient (Wildman–Crippen LogP) is 5.84. The number of methoxy groups -OCH3 is 1. The fourth-order valence-electron chi connectivity index (χ4n) is 6.31. The van der Waals surface area contributed by atoms with Gasteiger partial charge in [-0.25, -0.2) is 9.78 Å². The van der Waals surface area contributed by atoms with E-state index in [4.69, 9.17) is 14.7 Å². The average Bonchev–Trinajstić information content (AvgIpc) is 3.78. The number of H-pyrrole nitrogens is 1. The second kappa shape index (κ2) is 11.3. The highest BCUT2D eigenvalue weighted by Gasteiger charge is 2.25. The fourth-order valence-corrected chi connectivity index (χ4v) is 6.31. The number of esters is 1. The monoisotopic (exact) mass is 523 g/mol. The van der Waals surface area contributed by atoms with Crippen LogP contribution in [-0.4, -0.2) is 48.4 Å². The highest BCUT2D eigenvalue weighted by Crippen LogP contribution is 2.36. The van der Waals surface area contributed by atoms with Crippen LogP contribution in [0.15, 0.2) is 53.8 Å². The first kappa shape index (κ1) is 25.7. The van der Waals surface area contributed by atoms with Crippen LogP contribution in [0.3, 0.4) is 0 Å². The van der Waals surface area contributed by atoms with E-state index in [9.17, 15) is 4.79 Å². The van der Waals surface area contributed by atoms with Crippen molar-refractivity contribution >= 4 is 17.3 Å². The number of rotatable bonds is 8. The van der Waals surface area contributed by atoms with E-state index in [1.54, 1.807) is 0 Å².